The van der Waals surface area contributed by atoms with E-state index in [4.69, 9.17) is 9.47 Å². The van der Waals surface area contributed by atoms with Crippen molar-refractivity contribution in [1.29, 1.82) is 0 Å². The van der Waals surface area contributed by atoms with Crippen LogP contribution in [-0.2, 0) is 19.1 Å². The van der Waals surface area contributed by atoms with Crippen molar-refractivity contribution in [3.05, 3.63) is 24.7 Å². The quantitative estimate of drug-likeness (QED) is 0.686. The predicted molar refractivity (Wildman–Crippen MR) is 58.4 cm³/mol. The van der Waals surface area contributed by atoms with Crippen LogP contribution in [0.2, 0.25) is 0 Å². The third-order valence-corrected chi connectivity index (χ3v) is 2.47. The van der Waals surface area contributed by atoms with Gasteiger partial charge >= 0.3 is 5.97 Å². The molecule has 88 valence electrons. The standard InChI is InChI=1S/C12H16O4/c1-5-11(14)7-12(16-10(4)13)6-8(2)15-9(12)3/h2-3,5-7H2,1,4H3. The summed E-state index contributed by atoms with van der Waals surface area (Å²) in [5.41, 5.74) is -1.05. The van der Waals surface area contributed by atoms with E-state index in [0.717, 1.165) is 0 Å². The highest BCUT2D eigenvalue weighted by Gasteiger charge is 2.46. The molecule has 0 aromatic rings. The zero-order valence-corrected chi connectivity index (χ0v) is 9.67. The minimum absolute atomic E-state index is 0.000648. The summed E-state index contributed by atoms with van der Waals surface area (Å²) >= 11 is 0. The minimum atomic E-state index is -1.05. The Bertz CT molecular complexity index is 356. The molecular weight excluding hydrogens is 208 g/mol. The summed E-state index contributed by atoms with van der Waals surface area (Å²) in [6.07, 6.45) is 0.793. The van der Waals surface area contributed by atoms with E-state index in [1.165, 1.54) is 6.92 Å². The van der Waals surface area contributed by atoms with Gasteiger partial charge in [-0.15, -0.1) is 0 Å². The van der Waals surface area contributed by atoms with Crippen LogP contribution in [0.3, 0.4) is 0 Å². The Balaban J connectivity index is 2.93. The van der Waals surface area contributed by atoms with Gasteiger partial charge in [-0.3, -0.25) is 9.59 Å². The van der Waals surface area contributed by atoms with Crippen LogP contribution >= 0.6 is 0 Å². The lowest BCUT2D eigenvalue weighted by Crippen LogP contribution is -2.35. The zero-order chi connectivity index (χ0) is 12.3. The first-order valence-electron chi connectivity index (χ1n) is 5.16. The Hall–Kier alpha value is -1.58. The summed E-state index contributed by atoms with van der Waals surface area (Å²) < 4.78 is 10.4. The van der Waals surface area contributed by atoms with E-state index < -0.39 is 11.6 Å². The van der Waals surface area contributed by atoms with Gasteiger partial charge < -0.3 is 9.47 Å². The molecule has 1 fully saturated rings. The van der Waals surface area contributed by atoms with Crippen LogP contribution in [0.15, 0.2) is 24.7 Å². The van der Waals surface area contributed by atoms with Crippen LogP contribution in [0.25, 0.3) is 0 Å². The highest BCUT2D eigenvalue weighted by atomic mass is 16.6. The number of esters is 1. The highest BCUT2D eigenvalue weighted by molar-refractivity contribution is 5.80. The molecule has 0 aliphatic carbocycles. The number of ether oxygens (including phenoxy) is 2. The first kappa shape index (κ1) is 12.5. The summed E-state index contributed by atoms with van der Waals surface area (Å²) in [5, 5.41) is 0. The minimum Gasteiger partial charge on any atom is -0.463 e. The molecule has 0 spiro atoms. The molecule has 0 aromatic carbocycles. The van der Waals surface area contributed by atoms with Gasteiger partial charge in [-0.05, 0) is 0 Å². The van der Waals surface area contributed by atoms with Crippen LogP contribution in [0.5, 0.6) is 0 Å². The molecule has 1 aliphatic rings. The van der Waals surface area contributed by atoms with Gasteiger partial charge in [-0.1, -0.05) is 20.1 Å². The lowest BCUT2D eigenvalue weighted by molar-refractivity contribution is -0.155. The number of hydrogen-bond donors (Lipinski definition) is 0. The maximum Gasteiger partial charge on any atom is 0.303 e. The topological polar surface area (TPSA) is 52.6 Å². The predicted octanol–water partition coefficient (Wildman–Crippen LogP) is 2.11. The molecule has 1 unspecified atom stereocenters. The maximum atomic E-state index is 11.5. The number of hydrogen-bond acceptors (Lipinski definition) is 4. The van der Waals surface area contributed by atoms with Gasteiger partial charge in [0.1, 0.15) is 17.3 Å². The molecule has 0 radical (unpaired) electrons. The number of carbonyl (C=O) groups is 2. The molecule has 4 nitrogen and oxygen atoms in total. The van der Waals surface area contributed by atoms with Crippen LogP contribution in [-0.4, -0.2) is 17.4 Å². The molecule has 1 aliphatic heterocycles. The fourth-order valence-electron chi connectivity index (χ4n) is 1.73. The number of Topliss-reactive ketones (excluding diaryl/α,β-unsaturated/α-hetero) is 1. The molecule has 0 amide bonds. The average molecular weight is 224 g/mol. The Kier molecular flexibility index (Phi) is 3.52. The van der Waals surface area contributed by atoms with Crippen LogP contribution in [0.1, 0.15) is 33.1 Å². The van der Waals surface area contributed by atoms with E-state index in [1.54, 1.807) is 6.92 Å². The van der Waals surface area contributed by atoms with E-state index in [0.29, 0.717) is 18.6 Å². The van der Waals surface area contributed by atoms with Crippen molar-refractivity contribution in [2.24, 2.45) is 0 Å². The monoisotopic (exact) mass is 224 g/mol. The van der Waals surface area contributed by atoms with Crippen molar-refractivity contribution >= 4 is 11.8 Å². The third kappa shape index (κ3) is 2.51. The Morgan fingerprint density at radius 1 is 1.50 bits per heavy atom. The molecule has 16 heavy (non-hydrogen) atoms. The largest absolute Gasteiger partial charge is 0.463 e. The summed E-state index contributed by atoms with van der Waals surface area (Å²) in [4.78, 5) is 22.6. The van der Waals surface area contributed by atoms with Crippen molar-refractivity contribution < 1.29 is 19.1 Å². The molecule has 0 N–H and O–H groups in total. The fraction of sp³-hybridized carbons (Fsp3) is 0.500. The molecule has 1 rings (SSSR count). The van der Waals surface area contributed by atoms with Crippen molar-refractivity contribution in [1.82, 2.24) is 0 Å². The summed E-state index contributed by atoms with van der Waals surface area (Å²) in [6, 6.07) is 0. The second kappa shape index (κ2) is 4.51. The third-order valence-electron chi connectivity index (χ3n) is 2.47. The van der Waals surface area contributed by atoms with Crippen molar-refractivity contribution in [2.45, 2.75) is 38.7 Å². The Morgan fingerprint density at radius 2 is 2.12 bits per heavy atom. The lowest BCUT2D eigenvalue weighted by Gasteiger charge is -2.26. The van der Waals surface area contributed by atoms with Crippen LogP contribution in [0, 0.1) is 0 Å². The first-order chi connectivity index (χ1) is 7.39. The molecule has 1 saturated heterocycles. The molecule has 0 bridgehead atoms. The number of rotatable bonds is 4. The van der Waals surface area contributed by atoms with Gasteiger partial charge in [0.25, 0.3) is 0 Å². The molecule has 1 heterocycles. The van der Waals surface area contributed by atoms with E-state index in [-0.39, 0.29) is 18.0 Å². The van der Waals surface area contributed by atoms with Crippen LogP contribution in [0.4, 0.5) is 0 Å². The smallest absolute Gasteiger partial charge is 0.303 e. The zero-order valence-electron chi connectivity index (χ0n) is 9.67. The van der Waals surface area contributed by atoms with Gasteiger partial charge in [-0.25, -0.2) is 0 Å². The molecule has 0 aromatic heterocycles. The highest BCUT2D eigenvalue weighted by Crippen LogP contribution is 2.40. The van der Waals surface area contributed by atoms with E-state index in [2.05, 4.69) is 13.2 Å². The van der Waals surface area contributed by atoms with E-state index in [1.807, 2.05) is 0 Å². The van der Waals surface area contributed by atoms with Crippen LogP contribution < -0.4 is 0 Å². The lowest BCUT2D eigenvalue weighted by atomic mass is 9.92. The van der Waals surface area contributed by atoms with Crippen molar-refractivity contribution in [3.63, 3.8) is 0 Å². The first-order valence-corrected chi connectivity index (χ1v) is 5.16. The SMILES string of the molecule is C=C1CC(CC(=O)CC)(OC(C)=O)C(=C)O1. The van der Waals surface area contributed by atoms with Gasteiger partial charge in [0.2, 0.25) is 0 Å². The number of carbonyl (C=O) groups excluding carboxylic acids is 2. The number of ketones is 1. The summed E-state index contributed by atoms with van der Waals surface area (Å²) in [7, 11) is 0. The molecule has 1 atom stereocenters. The average Bonchev–Trinajstić information content (AvgIpc) is 2.40. The van der Waals surface area contributed by atoms with E-state index >= 15 is 0 Å². The Morgan fingerprint density at radius 3 is 2.50 bits per heavy atom. The normalized spacial score (nSPS) is 24.1. The summed E-state index contributed by atoms with van der Waals surface area (Å²) in [5.74, 6) is 0.300. The second-order valence-corrected chi connectivity index (χ2v) is 3.90. The van der Waals surface area contributed by atoms with Gasteiger partial charge in [-0.2, -0.15) is 0 Å². The summed E-state index contributed by atoms with van der Waals surface area (Å²) in [6.45, 7) is 10.4. The van der Waals surface area contributed by atoms with Crippen molar-refractivity contribution in [3.8, 4) is 0 Å². The molecule has 4 heteroatoms. The molecular formula is C12H16O4. The Labute approximate surface area is 94.9 Å². The maximum absolute atomic E-state index is 11.5. The molecule has 0 saturated carbocycles. The fourth-order valence-corrected chi connectivity index (χ4v) is 1.73. The van der Waals surface area contributed by atoms with Gasteiger partial charge in [0.05, 0.1) is 12.8 Å². The van der Waals surface area contributed by atoms with Gasteiger partial charge in [0.15, 0.2) is 5.60 Å². The van der Waals surface area contributed by atoms with E-state index in [9.17, 15) is 9.59 Å². The second-order valence-electron chi connectivity index (χ2n) is 3.90. The van der Waals surface area contributed by atoms with Crippen molar-refractivity contribution in [2.75, 3.05) is 0 Å². The van der Waals surface area contributed by atoms with Gasteiger partial charge in [0, 0.05) is 13.3 Å².